The molecule has 1 aromatic rings. The highest BCUT2D eigenvalue weighted by atomic mass is 16.2. The van der Waals surface area contributed by atoms with Crippen LogP contribution in [0.15, 0.2) is 30.3 Å². The minimum Gasteiger partial charge on any atom is -0.343 e. The SMILES string of the molecule is CCN(CC(=O)N[C@@H](CC(C)C)C(=O)N1CCC[C@@H]1C(=O)N(C)[C@@H](CC(C)C)C(=O)N[C@@H](C)C(=O)N(CC=O)CC1CCCCC1)C(=O)[C@H](C)NC(=O)[C@H](CC(C)C)N(C)C(=O)[C@H]1CCCN1C(=O)[C@H](Cc1ccccc1)NC. The number of carbonyl (C=O) groups is 10. The first-order valence-electron chi connectivity index (χ1n) is 29.2. The lowest BCUT2D eigenvalue weighted by Gasteiger charge is -2.36. The zero-order valence-electron chi connectivity index (χ0n) is 49.6. The fraction of sp³-hybridized carbons (Fsp3) is 0.729. The maximum absolute atomic E-state index is 14.5. The quantitative estimate of drug-likeness (QED) is 0.0847. The molecule has 0 radical (unpaired) electrons. The number of nitrogens with zero attached hydrogens (tertiary/aromatic N) is 6. The van der Waals surface area contributed by atoms with Crippen molar-refractivity contribution in [3.63, 3.8) is 0 Å². The highest BCUT2D eigenvalue weighted by Gasteiger charge is 2.44. The van der Waals surface area contributed by atoms with Crippen LogP contribution in [-0.4, -0.2) is 198 Å². The maximum Gasteiger partial charge on any atom is 0.245 e. The van der Waals surface area contributed by atoms with Crippen LogP contribution in [0.1, 0.15) is 145 Å². The Morgan fingerprint density at radius 3 is 1.52 bits per heavy atom. The smallest absolute Gasteiger partial charge is 0.245 e. The molecule has 4 N–H and O–H groups in total. The molecule has 1 aromatic carbocycles. The van der Waals surface area contributed by atoms with E-state index in [4.69, 9.17) is 0 Å². The lowest BCUT2D eigenvalue weighted by molar-refractivity contribution is -0.149. The zero-order chi connectivity index (χ0) is 58.7. The molecule has 0 unspecified atom stereocenters. The number of likely N-dealkylation sites (tertiary alicyclic amines) is 2. The monoisotopic (exact) mass is 1100 g/mol. The summed E-state index contributed by atoms with van der Waals surface area (Å²) >= 11 is 0. The van der Waals surface area contributed by atoms with E-state index in [1.807, 2.05) is 71.9 Å². The van der Waals surface area contributed by atoms with E-state index in [0.717, 1.165) is 37.7 Å². The summed E-state index contributed by atoms with van der Waals surface area (Å²) in [6.45, 7) is 17.0. The fourth-order valence-electron chi connectivity index (χ4n) is 11.5. The molecule has 2 saturated heterocycles. The summed E-state index contributed by atoms with van der Waals surface area (Å²) in [5.74, 6) is -3.89. The van der Waals surface area contributed by atoms with Crippen molar-refractivity contribution in [2.75, 3.05) is 60.4 Å². The van der Waals surface area contributed by atoms with E-state index in [1.165, 1.54) is 38.5 Å². The molecule has 0 aromatic heterocycles. The molecule has 8 atom stereocenters. The third-order valence-electron chi connectivity index (χ3n) is 15.8. The van der Waals surface area contributed by atoms with Crippen LogP contribution in [0.4, 0.5) is 0 Å². The second-order valence-electron chi connectivity index (χ2n) is 23.6. The molecular formula is C59H96N10O10. The van der Waals surface area contributed by atoms with Gasteiger partial charge in [-0.1, -0.05) is 91.1 Å². The van der Waals surface area contributed by atoms with Crippen molar-refractivity contribution in [1.29, 1.82) is 0 Å². The van der Waals surface area contributed by atoms with Gasteiger partial charge < -0.3 is 55.5 Å². The van der Waals surface area contributed by atoms with E-state index in [1.54, 1.807) is 32.8 Å². The number of rotatable bonds is 29. The van der Waals surface area contributed by atoms with Gasteiger partial charge in [-0.05, 0) is 121 Å². The van der Waals surface area contributed by atoms with Crippen molar-refractivity contribution < 1.29 is 47.9 Å². The van der Waals surface area contributed by atoms with Crippen molar-refractivity contribution in [2.24, 2.45) is 23.7 Å². The molecular weight excluding hydrogens is 1010 g/mol. The summed E-state index contributed by atoms with van der Waals surface area (Å²) < 4.78 is 0. The van der Waals surface area contributed by atoms with Crippen LogP contribution >= 0.6 is 0 Å². The Balaban J connectivity index is 1.41. The second kappa shape index (κ2) is 31.8. The van der Waals surface area contributed by atoms with Gasteiger partial charge in [-0.15, -0.1) is 0 Å². The number of benzene rings is 1. The Kier molecular flexibility index (Phi) is 26.4. The van der Waals surface area contributed by atoms with Crippen LogP contribution in [0.3, 0.4) is 0 Å². The zero-order valence-corrected chi connectivity index (χ0v) is 49.6. The summed E-state index contributed by atoms with van der Waals surface area (Å²) in [6.07, 6.45) is 9.11. The molecule has 2 heterocycles. The van der Waals surface area contributed by atoms with Crippen molar-refractivity contribution in [2.45, 2.75) is 194 Å². The highest BCUT2D eigenvalue weighted by Crippen LogP contribution is 2.27. The fourth-order valence-corrected chi connectivity index (χ4v) is 11.5. The van der Waals surface area contributed by atoms with Gasteiger partial charge >= 0.3 is 0 Å². The molecule has 0 bridgehead atoms. The van der Waals surface area contributed by atoms with Crippen molar-refractivity contribution in [3.05, 3.63) is 35.9 Å². The molecule has 20 nitrogen and oxygen atoms in total. The van der Waals surface area contributed by atoms with E-state index in [-0.39, 0.29) is 80.3 Å². The minimum atomic E-state index is -1.10. The lowest BCUT2D eigenvalue weighted by atomic mass is 9.89. The Bertz CT molecular complexity index is 2220. The molecule has 9 amide bonds. The van der Waals surface area contributed by atoms with Gasteiger partial charge in [0, 0.05) is 40.3 Å². The van der Waals surface area contributed by atoms with E-state index < -0.39 is 90.3 Å². The summed E-state index contributed by atoms with van der Waals surface area (Å²) in [5, 5.41) is 11.6. The summed E-state index contributed by atoms with van der Waals surface area (Å²) in [7, 11) is 4.80. The number of aldehydes is 1. The first-order valence-corrected chi connectivity index (χ1v) is 29.2. The topological polar surface area (TPSA) is 238 Å². The molecule has 20 heteroatoms. The number of hydrogen-bond donors (Lipinski definition) is 4. The first-order chi connectivity index (χ1) is 37.4. The second-order valence-corrected chi connectivity index (χ2v) is 23.6. The van der Waals surface area contributed by atoms with Gasteiger partial charge in [0.05, 0.1) is 19.1 Å². The summed E-state index contributed by atoms with van der Waals surface area (Å²) in [6, 6.07) is 2.35. The number of hydrogen-bond acceptors (Lipinski definition) is 11. The Labute approximate surface area is 470 Å². The molecule has 4 rings (SSSR count). The third kappa shape index (κ3) is 18.8. The lowest BCUT2D eigenvalue weighted by Crippen LogP contribution is -2.59. The van der Waals surface area contributed by atoms with Crippen LogP contribution in [0, 0.1) is 23.7 Å². The third-order valence-corrected chi connectivity index (χ3v) is 15.8. The van der Waals surface area contributed by atoms with Crippen LogP contribution in [0.25, 0.3) is 0 Å². The van der Waals surface area contributed by atoms with Gasteiger partial charge in [-0.2, -0.15) is 0 Å². The van der Waals surface area contributed by atoms with Crippen LogP contribution in [0.2, 0.25) is 0 Å². The van der Waals surface area contributed by atoms with E-state index in [0.29, 0.717) is 51.5 Å². The van der Waals surface area contributed by atoms with Gasteiger partial charge in [-0.25, -0.2) is 0 Å². The van der Waals surface area contributed by atoms with Gasteiger partial charge in [0.25, 0.3) is 0 Å². The summed E-state index contributed by atoms with van der Waals surface area (Å²) in [5.41, 5.74) is 0.981. The number of nitrogens with one attached hydrogen (secondary N) is 4. The van der Waals surface area contributed by atoms with Crippen LogP contribution in [-0.2, 0) is 54.4 Å². The Hall–Kier alpha value is -5.92. The Morgan fingerprint density at radius 2 is 1.08 bits per heavy atom. The number of amides is 9. The van der Waals surface area contributed by atoms with E-state index in [9.17, 15) is 47.9 Å². The maximum atomic E-state index is 14.5. The molecule has 1 saturated carbocycles. The minimum absolute atomic E-state index is 0.0196. The van der Waals surface area contributed by atoms with E-state index >= 15 is 0 Å². The standard InChI is InChI=1S/C59H96N10O10/c1-13-66(54(74)41(8)61-52(72)49(33-39(4)5)64(11)58(78)47-26-20-28-68(47)56(76)45(60-10)35-43-22-16-14-17-23-43)37-51(71)63-46(32-38(2)3)57(77)69-29-21-27-48(69)59(79)65(12)50(34-40(6)7)53(73)62-42(9)55(75)67(30-31-70)36-44-24-18-15-19-25-44/h14,16-17,22-23,31,38-42,44-50,60H,13,15,18-21,24-30,32-37H2,1-12H3,(H,61,72)(H,62,73)(H,63,71)/t41-,42-,45-,46-,47+,48+,49-,50-/m0/s1. The predicted octanol–water partition coefficient (Wildman–Crippen LogP) is 3.54. The van der Waals surface area contributed by atoms with E-state index in [2.05, 4.69) is 21.3 Å². The Morgan fingerprint density at radius 1 is 0.608 bits per heavy atom. The van der Waals surface area contributed by atoms with Gasteiger partial charge in [0.1, 0.15) is 48.6 Å². The number of carbonyl (C=O) groups excluding carboxylic acids is 10. The molecule has 1 aliphatic carbocycles. The number of likely N-dealkylation sites (N-methyl/N-ethyl adjacent to an activating group) is 4. The average Bonchev–Trinajstić information content (AvgIpc) is 4.13. The van der Waals surface area contributed by atoms with Crippen molar-refractivity contribution in [1.82, 2.24) is 50.7 Å². The summed E-state index contributed by atoms with van der Waals surface area (Å²) in [4.78, 5) is 147. The molecule has 79 heavy (non-hydrogen) atoms. The predicted molar refractivity (Wildman–Crippen MR) is 303 cm³/mol. The van der Waals surface area contributed by atoms with Gasteiger partial charge in [0.15, 0.2) is 0 Å². The van der Waals surface area contributed by atoms with Crippen molar-refractivity contribution >= 4 is 59.5 Å². The van der Waals surface area contributed by atoms with Crippen LogP contribution < -0.4 is 21.3 Å². The largest absolute Gasteiger partial charge is 0.343 e. The molecule has 2 aliphatic heterocycles. The van der Waals surface area contributed by atoms with Gasteiger partial charge in [0.2, 0.25) is 53.2 Å². The van der Waals surface area contributed by atoms with Crippen LogP contribution in [0.5, 0.6) is 0 Å². The highest BCUT2D eigenvalue weighted by molar-refractivity contribution is 5.98. The average molecular weight is 1110 g/mol. The van der Waals surface area contributed by atoms with Crippen molar-refractivity contribution in [3.8, 4) is 0 Å². The first kappa shape index (κ1) is 65.6. The molecule has 3 aliphatic rings. The molecule has 0 spiro atoms. The normalized spacial score (nSPS) is 19.0. The molecule has 442 valence electrons. The van der Waals surface area contributed by atoms with Gasteiger partial charge in [-0.3, -0.25) is 43.2 Å². The molecule has 3 fully saturated rings.